The molecule has 0 saturated heterocycles. The van der Waals surface area contributed by atoms with E-state index in [9.17, 15) is 8.78 Å². The van der Waals surface area contributed by atoms with Gasteiger partial charge in [0.15, 0.2) is 5.89 Å². The van der Waals surface area contributed by atoms with Crippen molar-refractivity contribution in [3.8, 4) is 0 Å². The molecular formula is C15H24F2N2O. The van der Waals surface area contributed by atoms with Gasteiger partial charge in [0, 0.05) is 31.2 Å². The minimum absolute atomic E-state index is 0.0357. The van der Waals surface area contributed by atoms with Gasteiger partial charge in [-0.15, -0.1) is 0 Å². The zero-order valence-corrected chi connectivity index (χ0v) is 12.3. The fraction of sp³-hybridized carbons (Fsp3) is 0.800. The van der Waals surface area contributed by atoms with Crippen LogP contribution >= 0.6 is 0 Å². The molecular weight excluding hydrogens is 262 g/mol. The third-order valence-corrected chi connectivity index (χ3v) is 3.81. The molecule has 1 aromatic heterocycles. The highest BCUT2D eigenvalue weighted by Crippen LogP contribution is 2.40. The number of hydrogen-bond donors (Lipinski definition) is 1. The highest BCUT2D eigenvalue weighted by molar-refractivity contribution is 5.04. The Morgan fingerprint density at radius 1 is 1.40 bits per heavy atom. The number of oxazole rings is 1. The molecule has 1 aliphatic rings. The number of halogens is 2. The van der Waals surface area contributed by atoms with Crippen molar-refractivity contribution in [2.75, 3.05) is 6.54 Å². The molecule has 0 radical (unpaired) electrons. The summed E-state index contributed by atoms with van der Waals surface area (Å²) in [6, 6.07) is 0.485. The number of nitrogens with zero attached hydrogens (tertiary/aromatic N) is 1. The van der Waals surface area contributed by atoms with Gasteiger partial charge in [0.1, 0.15) is 5.76 Å². The van der Waals surface area contributed by atoms with Crippen LogP contribution in [0.4, 0.5) is 8.78 Å². The number of aromatic nitrogens is 1. The van der Waals surface area contributed by atoms with Crippen molar-refractivity contribution < 1.29 is 13.2 Å². The summed E-state index contributed by atoms with van der Waals surface area (Å²) in [5.41, 5.74) is 0. The van der Waals surface area contributed by atoms with Crippen LogP contribution in [0.5, 0.6) is 0 Å². The van der Waals surface area contributed by atoms with E-state index in [0.29, 0.717) is 18.9 Å². The van der Waals surface area contributed by atoms with Crippen molar-refractivity contribution in [1.29, 1.82) is 0 Å². The summed E-state index contributed by atoms with van der Waals surface area (Å²) in [6.07, 6.45) is 4.41. The van der Waals surface area contributed by atoms with Crippen molar-refractivity contribution in [2.45, 2.75) is 70.3 Å². The molecule has 0 bridgehead atoms. The van der Waals surface area contributed by atoms with Crippen LogP contribution in [-0.4, -0.2) is 23.5 Å². The summed E-state index contributed by atoms with van der Waals surface area (Å²) in [6.45, 7) is 5.16. The lowest BCUT2D eigenvalue weighted by molar-refractivity contribution is -0.0395. The standard InChI is InChI=1S/C15H24F2N2O/c1-11(2)18-9-3-4-14-19-10-13(20-14)12-5-7-15(16,17)8-6-12/h10-12,18H,3-9H2,1-2H3. The van der Waals surface area contributed by atoms with Crippen LogP contribution < -0.4 is 5.32 Å². The summed E-state index contributed by atoms with van der Waals surface area (Å²) in [4.78, 5) is 4.26. The Morgan fingerprint density at radius 3 is 2.75 bits per heavy atom. The Labute approximate surface area is 119 Å². The molecule has 0 aliphatic heterocycles. The van der Waals surface area contributed by atoms with Crippen molar-refractivity contribution in [3.63, 3.8) is 0 Å². The van der Waals surface area contributed by atoms with E-state index >= 15 is 0 Å². The van der Waals surface area contributed by atoms with Gasteiger partial charge in [0.05, 0.1) is 6.20 Å². The number of hydrogen-bond acceptors (Lipinski definition) is 3. The average molecular weight is 286 g/mol. The Bertz CT molecular complexity index is 408. The maximum absolute atomic E-state index is 13.1. The maximum atomic E-state index is 13.1. The van der Waals surface area contributed by atoms with E-state index in [4.69, 9.17) is 4.42 Å². The van der Waals surface area contributed by atoms with Crippen molar-refractivity contribution in [2.24, 2.45) is 0 Å². The second-order valence-electron chi connectivity index (χ2n) is 6.00. The summed E-state index contributed by atoms with van der Waals surface area (Å²) in [5, 5.41) is 3.34. The second kappa shape index (κ2) is 6.66. The summed E-state index contributed by atoms with van der Waals surface area (Å²) in [5.74, 6) is -0.859. The molecule has 1 aliphatic carbocycles. The van der Waals surface area contributed by atoms with E-state index in [1.165, 1.54) is 0 Å². The average Bonchev–Trinajstić information content (AvgIpc) is 2.83. The van der Waals surface area contributed by atoms with Crippen molar-refractivity contribution >= 4 is 0 Å². The van der Waals surface area contributed by atoms with Gasteiger partial charge in [-0.25, -0.2) is 13.8 Å². The molecule has 0 unspecified atom stereocenters. The normalized spacial score (nSPS) is 19.6. The number of alkyl halides is 2. The quantitative estimate of drug-likeness (QED) is 0.806. The lowest BCUT2D eigenvalue weighted by Gasteiger charge is -2.26. The van der Waals surface area contributed by atoms with Crippen LogP contribution in [0.15, 0.2) is 10.6 Å². The minimum atomic E-state index is -2.48. The maximum Gasteiger partial charge on any atom is 0.248 e. The lowest BCUT2D eigenvalue weighted by Crippen LogP contribution is -2.24. The number of aryl methyl sites for hydroxylation is 1. The predicted molar refractivity (Wildman–Crippen MR) is 74.1 cm³/mol. The van der Waals surface area contributed by atoms with Gasteiger partial charge in [0.25, 0.3) is 0 Å². The van der Waals surface area contributed by atoms with Crippen molar-refractivity contribution in [1.82, 2.24) is 10.3 Å². The third kappa shape index (κ3) is 4.54. The second-order valence-corrected chi connectivity index (χ2v) is 6.00. The molecule has 1 N–H and O–H groups in total. The summed E-state index contributed by atoms with van der Waals surface area (Å²) in [7, 11) is 0. The topological polar surface area (TPSA) is 38.1 Å². The smallest absolute Gasteiger partial charge is 0.248 e. The highest BCUT2D eigenvalue weighted by Gasteiger charge is 2.36. The van der Waals surface area contributed by atoms with E-state index in [-0.39, 0.29) is 18.8 Å². The first-order valence-corrected chi connectivity index (χ1v) is 7.52. The van der Waals surface area contributed by atoms with Crippen LogP contribution in [0.25, 0.3) is 0 Å². The summed E-state index contributed by atoms with van der Waals surface area (Å²) >= 11 is 0. The zero-order valence-electron chi connectivity index (χ0n) is 12.3. The van der Waals surface area contributed by atoms with Crippen LogP contribution in [-0.2, 0) is 6.42 Å². The van der Waals surface area contributed by atoms with Crippen LogP contribution in [0.3, 0.4) is 0 Å². The molecule has 0 aromatic carbocycles. The van der Waals surface area contributed by atoms with Gasteiger partial charge >= 0.3 is 0 Å². The minimum Gasteiger partial charge on any atom is -0.445 e. The molecule has 3 nitrogen and oxygen atoms in total. The van der Waals surface area contributed by atoms with Gasteiger partial charge in [-0.1, -0.05) is 13.8 Å². The first-order chi connectivity index (χ1) is 9.46. The van der Waals surface area contributed by atoms with Crippen molar-refractivity contribution in [3.05, 3.63) is 17.8 Å². The highest BCUT2D eigenvalue weighted by atomic mass is 19.3. The number of rotatable bonds is 6. The molecule has 1 fully saturated rings. The molecule has 114 valence electrons. The number of nitrogens with one attached hydrogen (secondary N) is 1. The van der Waals surface area contributed by atoms with E-state index in [1.54, 1.807) is 6.20 Å². The summed E-state index contributed by atoms with van der Waals surface area (Å²) < 4.78 is 31.9. The first-order valence-electron chi connectivity index (χ1n) is 7.52. The first kappa shape index (κ1) is 15.4. The Hall–Kier alpha value is -0.970. The molecule has 0 amide bonds. The third-order valence-electron chi connectivity index (χ3n) is 3.81. The molecule has 0 spiro atoms. The molecule has 5 heteroatoms. The van der Waals surface area contributed by atoms with Gasteiger partial charge in [-0.2, -0.15) is 0 Å². The predicted octanol–water partition coefficient (Wildman–Crippen LogP) is 3.90. The largest absolute Gasteiger partial charge is 0.445 e. The van der Waals surface area contributed by atoms with Crippen LogP contribution in [0, 0.1) is 0 Å². The lowest BCUT2D eigenvalue weighted by atomic mass is 9.85. The van der Waals surface area contributed by atoms with Gasteiger partial charge < -0.3 is 9.73 Å². The fourth-order valence-corrected chi connectivity index (χ4v) is 2.58. The Morgan fingerprint density at radius 2 is 2.10 bits per heavy atom. The van der Waals surface area contributed by atoms with E-state index < -0.39 is 5.92 Å². The van der Waals surface area contributed by atoms with Gasteiger partial charge in [0.2, 0.25) is 5.92 Å². The fourth-order valence-electron chi connectivity index (χ4n) is 2.58. The van der Waals surface area contributed by atoms with E-state index in [2.05, 4.69) is 24.1 Å². The van der Waals surface area contributed by atoms with E-state index in [1.807, 2.05) is 0 Å². The molecule has 1 aromatic rings. The zero-order chi connectivity index (χ0) is 14.6. The van der Waals surface area contributed by atoms with Crippen LogP contribution in [0.2, 0.25) is 0 Å². The molecule has 1 heterocycles. The molecule has 2 rings (SSSR count). The van der Waals surface area contributed by atoms with Gasteiger partial charge in [-0.3, -0.25) is 0 Å². The molecule has 20 heavy (non-hydrogen) atoms. The monoisotopic (exact) mass is 286 g/mol. The SMILES string of the molecule is CC(C)NCCCc1ncc(C2CCC(F)(F)CC2)o1. The van der Waals surface area contributed by atoms with Gasteiger partial charge in [-0.05, 0) is 25.8 Å². The Balaban J connectivity index is 1.77. The van der Waals surface area contributed by atoms with E-state index in [0.717, 1.165) is 31.0 Å². The Kier molecular flexibility index (Phi) is 5.13. The molecule has 1 saturated carbocycles. The molecule has 0 atom stereocenters. The van der Waals surface area contributed by atoms with Crippen LogP contribution in [0.1, 0.15) is 63.5 Å².